The van der Waals surface area contributed by atoms with Gasteiger partial charge >= 0.3 is 5.97 Å². The second-order valence-corrected chi connectivity index (χ2v) is 6.54. The summed E-state index contributed by atoms with van der Waals surface area (Å²) in [5, 5.41) is 5.15. The highest BCUT2D eigenvalue weighted by molar-refractivity contribution is 5.96. The first kappa shape index (κ1) is 22.7. The Morgan fingerprint density at radius 2 is 1.70 bits per heavy atom. The van der Waals surface area contributed by atoms with Crippen LogP contribution in [0, 0.1) is 0 Å². The lowest BCUT2D eigenvalue weighted by Crippen LogP contribution is -2.39. The predicted molar refractivity (Wildman–Crippen MR) is 115 cm³/mol. The molecule has 2 amide bonds. The molecular formula is C23H26N2O5. The quantitative estimate of drug-likeness (QED) is 0.490. The van der Waals surface area contributed by atoms with Gasteiger partial charge in [-0.3, -0.25) is 9.59 Å². The van der Waals surface area contributed by atoms with E-state index in [0.29, 0.717) is 5.69 Å². The Hall–Kier alpha value is -3.61. The van der Waals surface area contributed by atoms with Gasteiger partial charge in [0.05, 0.1) is 7.11 Å². The Morgan fingerprint density at radius 1 is 1.03 bits per heavy atom. The van der Waals surface area contributed by atoms with Crippen LogP contribution in [0.15, 0.2) is 54.6 Å². The van der Waals surface area contributed by atoms with Crippen molar-refractivity contribution < 1.29 is 23.9 Å². The number of rotatable bonds is 9. The maximum Gasteiger partial charge on any atom is 0.328 e. The monoisotopic (exact) mass is 410 g/mol. The van der Waals surface area contributed by atoms with E-state index in [0.717, 1.165) is 23.3 Å². The molecular weight excluding hydrogens is 384 g/mol. The fourth-order valence-corrected chi connectivity index (χ4v) is 2.49. The van der Waals surface area contributed by atoms with Crippen molar-refractivity contribution in [1.29, 1.82) is 0 Å². The Morgan fingerprint density at radius 3 is 2.30 bits per heavy atom. The van der Waals surface area contributed by atoms with Crippen LogP contribution in [0.25, 0.3) is 6.08 Å². The predicted octanol–water partition coefficient (Wildman–Crippen LogP) is 2.96. The average Bonchev–Trinajstić information content (AvgIpc) is 2.76. The van der Waals surface area contributed by atoms with Gasteiger partial charge in [0.15, 0.2) is 6.61 Å². The van der Waals surface area contributed by atoms with Crippen LogP contribution in [0.1, 0.15) is 25.0 Å². The summed E-state index contributed by atoms with van der Waals surface area (Å²) in [6.07, 6.45) is 3.84. The Kier molecular flexibility index (Phi) is 8.62. The molecule has 0 aromatic heterocycles. The summed E-state index contributed by atoms with van der Waals surface area (Å²) in [5.74, 6) is -0.881. The number of hydrogen-bond donors (Lipinski definition) is 2. The highest BCUT2D eigenvalue weighted by Crippen LogP contribution is 2.12. The number of esters is 1. The minimum absolute atomic E-state index is 0.434. The molecule has 2 aromatic carbocycles. The van der Waals surface area contributed by atoms with E-state index in [4.69, 9.17) is 9.47 Å². The molecule has 1 atom stereocenters. The summed E-state index contributed by atoms with van der Waals surface area (Å²) in [4.78, 5) is 35.9. The van der Waals surface area contributed by atoms with Crippen molar-refractivity contribution in [2.45, 2.75) is 26.3 Å². The third-order valence-corrected chi connectivity index (χ3v) is 4.25. The van der Waals surface area contributed by atoms with E-state index >= 15 is 0 Å². The average molecular weight is 410 g/mol. The third-order valence-electron chi connectivity index (χ3n) is 4.25. The van der Waals surface area contributed by atoms with Crippen LogP contribution < -0.4 is 15.4 Å². The first-order valence-corrected chi connectivity index (χ1v) is 9.59. The van der Waals surface area contributed by atoms with Crippen molar-refractivity contribution in [3.8, 4) is 5.75 Å². The topological polar surface area (TPSA) is 93.7 Å². The van der Waals surface area contributed by atoms with Gasteiger partial charge in [-0.25, -0.2) is 4.79 Å². The van der Waals surface area contributed by atoms with Gasteiger partial charge in [0, 0.05) is 11.8 Å². The zero-order chi connectivity index (χ0) is 21.9. The lowest BCUT2D eigenvalue weighted by Gasteiger charge is -2.12. The first-order chi connectivity index (χ1) is 14.4. The van der Waals surface area contributed by atoms with Crippen LogP contribution >= 0.6 is 0 Å². The second kappa shape index (κ2) is 11.4. The summed E-state index contributed by atoms with van der Waals surface area (Å²) < 4.78 is 10.0. The number of methoxy groups -OCH3 is 1. The van der Waals surface area contributed by atoms with Crippen molar-refractivity contribution in [2.24, 2.45) is 0 Å². The number of nitrogens with one attached hydrogen (secondary N) is 2. The number of aryl methyl sites for hydroxylation is 1. The van der Waals surface area contributed by atoms with Crippen molar-refractivity contribution in [2.75, 3.05) is 19.0 Å². The maximum atomic E-state index is 12.0. The Labute approximate surface area is 176 Å². The first-order valence-electron chi connectivity index (χ1n) is 9.59. The number of hydrogen-bond acceptors (Lipinski definition) is 5. The van der Waals surface area contributed by atoms with Crippen LogP contribution in [-0.4, -0.2) is 37.5 Å². The smallest absolute Gasteiger partial charge is 0.328 e. The van der Waals surface area contributed by atoms with E-state index in [9.17, 15) is 14.4 Å². The van der Waals surface area contributed by atoms with Crippen LogP contribution in [0.3, 0.4) is 0 Å². The molecule has 0 radical (unpaired) electrons. The molecule has 0 saturated heterocycles. The van der Waals surface area contributed by atoms with Crippen LogP contribution in [0.4, 0.5) is 5.69 Å². The Bertz CT molecular complexity index is 889. The number of ether oxygens (including phenoxy) is 2. The molecule has 0 bridgehead atoms. The van der Waals surface area contributed by atoms with Crippen molar-refractivity contribution in [3.63, 3.8) is 0 Å². The van der Waals surface area contributed by atoms with Gasteiger partial charge in [-0.2, -0.15) is 0 Å². The van der Waals surface area contributed by atoms with Gasteiger partial charge < -0.3 is 20.1 Å². The molecule has 2 aromatic rings. The lowest BCUT2D eigenvalue weighted by molar-refractivity contribution is -0.149. The molecule has 0 saturated carbocycles. The summed E-state index contributed by atoms with van der Waals surface area (Å²) in [6, 6.07) is 13.7. The van der Waals surface area contributed by atoms with E-state index in [2.05, 4.69) is 10.6 Å². The van der Waals surface area contributed by atoms with Crippen molar-refractivity contribution in [3.05, 3.63) is 65.7 Å². The normalized spacial score (nSPS) is 11.6. The summed E-state index contributed by atoms with van der Waals surface area (Å²) >= 11 is 0. The molecule has 7 nitrogen and oxygen atoms in total. The SMILES string of the molecule is CCc1ccc(NC(=O)COC(=O)[C@H](C)NC(=O)/C=C/c2ccc(OC)cc2)cc1. The zero-order valence-electron chi connectivity index (χ0n) is 17.3. The molecule has 2 rings (SSSR count). The number of benzene rings is 2. The standard InChI is InChI=1S/C23H26N2O5/c1-4-17-5-10-19(11-6-17)25-22(27)15-30-23(28)16(2)24-21(26)14-9-18-7-12-20(29-3)13-8-18/h5-14,16H,4,15H2,1-3H3,(H,24,26)(H,25,27)/b14-9+/t16-/m0/s1. The fraction of sp³-hybridized carbons (Fsp3) is 0.261. The lowest BCUT2D eigenvalue weighted by atomic mass is 10.1. The fourth-order valence-electron chi connectivity index (χ4n) is 2.49. The number of carbonyl (C=O) groups excluding carboxylic acids is 3. The van der Waals surface area contributed by atoms with E-state index in [1.54, 1.807) is 49.6 Å². The van der Waals surface area contributed by atoms with E-state index < -0.39 is 30.4 Å². The molecule has 158 valence electrons. The Balaban J connectivity index is 1.75. The van der Waals surface area contributed by atoms with E-state index in [1.807, 2.05) is 19.1 Å². The van der Waals surface area contributed by atoms with Gasteiger partial charge in [0.2, 0.25) is 5.91 Å². The molecule has 2 N–H and O–H groups in total. The molecule has 0 aliphatic heterocycles. The molecule has 0 heterocycles. The molecule has 0 fully saturated rings. The highest BCUT2D eigenvalue weighted by Gasteiger charge is 2.17. The van der Waals surface area contributed by atoms with Gasteiger partial charge in [0.25, 0.3) is 5.91 Å². The second-order valence-electron chi connectivity index (χ2n) is 6.54. The number of anilines is 1. The van der Waals surface area contributed by atoms with Crippen LogP contribution in [0.2, 0.25) is 0 Å². The van der Waals surface area contributed by atoms with Gasteiger partial charge in [-0.05, 0) is 54.8 Å². The molecule has 30 heavy (non-hydrogen) atoms. The van der Waals surface area contributed by atoms with Gasteiger partial charge in [0.1, 0.15) is 11.8 Å². The number of amides is 2. The summed E-state index contributed by atoms with van der Waals surface area (Å²) in [7, 11) is 1.58. The molecule has 7 heteroatoms. The van der Waals surface area contributed by atoms with E-state index in [1.165, 1.54) is 13.0 Å². The van der Waals surface area contributed by atoms with Crippen molar-refractivity contribution >= 4 is 29.5 Å². The van der Waals surface area contributed by atoms with Gasteiger partial charge in [-0.15, -0.1) is 0 Å². The molecule has 0 aliphatic rings. The van der Waals surface area contributed by atoms with E-state index in [-0.39, 0.29) is 0 Å². The van der Waals surface area contributed by atoms with Crippen LogP contribution in [0.5, 0.6) is 5.75 Å². The minimum Gasteiger partial charge on any atom is -0.497 e. The number of carbonyl (C=O) groups is 3. The maximum absolute atomic E-state index is 12.0. The highest BCUT2D eigenvalue weighted by atomic mass is 16.5. The zero-order valence-corrected chi connectivity index (χ0v) is 17.3. The summed E-state index contributed by atoms with van der Waals surface area (Å²) in [6.45, 7) is 3.10. The summed E-state index contributed by atoms with van der Waals surface area (Å²) in [5.41, 5.74) is 2.59. The molecule has 0 aliphatic carbocycles. The van der Waals surface area contributed by atoms with Gasteiger partial charge in [-0.1, -0.05) is 31.2 Å². The third kappa shape index (κ3) is 7.43. The molecule has 0 spiro atoms. The van der Waals surface area contributed by atoms with Crippen LogP contribution in [-0.2, 0) is 25.5 Å². The molecule has 0 unspecified atom stereocenters. The largest absolute Gasteiger partial charge is 0.497 e. The van der Waals surface area contributed by atoms with Crippen molar-refractivity contribution in [1.82, 2.24) is 5.32 Å². The minimum atomic E-state index is -0.894.